The molecule has 3 aromatic rings. The third-order valence-corrected chi connectivity index (χ3v) is 7.71. The Kier molecular flexibility index (Phi) is 8.08. The van der Waals surface area contributed by atoms with Crippen LogP contribution < -0.4 is 5.32 Å². The zero-order valence-corrected chi connectivity index (χ0v) is 21.0. The van der Waals surface area contributed by atoms with Crippen LogP contribution in [0.3, 0.4) is 0 Å². The monoisotopic (exact) mass is 496 g/mol. The molecule has 0 spiro atoms. The minimum Gasteiger partial charge on any atom is -0.453 e. The van der Waals surface area contributed by atoms with Gasteiger partial charge in [0.25, 0.3) is 0 Å². The summed E-state index contributed by atoms with van der Waals surface area (Å²) >= 11 is 1.42. The highest BCUT2D eigenvalue weighted by Crippen LogP contribution is 2.36. The van der Waals surface area contributed by atoms with Gasteiger partial charge in [-0.05, 0) is 105 Å². The van der Waals surface area contributed by atoms with Crippen molar-refractivity contribution in [1.29, 1.82) is 0 Å². The van der Waals surface area contributed by atoms with Gasteiger partial charge in [0, 0.05) is 21.5 Å². The summed E-state index contributed by atoms with van der Waals surface area (Å²) in [5, 5.41) is 2.76. The molecule has 1 amide bonds. The van der Waals surface area contributed by atoms with Crippen LogP contribution in [-0.2, 0) is 4.74 Å². The van der Waals surface area contributed by atoms with Crippen LogP contribution in [0.2, 0.25) is 0 Å². The Morgan fingerprint density at radius 3 is 2.34 bits per heavy atom. The smallest absolute Gasteiger partial charge is 0.411 e. The van der Waals surface area contributed by atoms with E-state index in [1.54, 1.807) is 6.07 Å². The van der Waals surface area contributed by atoms with E-state index in [-0.39, 0.29) is 6.04 Å². The lowest BCUT2D eigenvalue weighted by atomic mass is 9.86. The van der Waals surface area contributed by atoms with Crippen molar-refractivity contribution < 1.29 is 18.3 Å². The maximum Gasteiger partial charge on any atom is 0.411 e. The zero-order valence-electron chi connectivity index (χ0n) is 20.2. The van der Waals surface area contributed by atoms with Crippen molar-refractivity contribution in [3.05, 3.63) is 89.0 Å². The normalized spacial score (nSPS) is 15.6. The molecule has 7 heteroatoms. The van der Waals surface area contributed by atoms with Crippen molar-refractivity contribution >= 4 is 23.5 Å². The summed E-state index contributed by atoms with van der Waals surface area (Å²) in [7, 11) is 1.36. The molecule has 0 saturated carbocycles. The molecule has 1 saturated heterocycles. The predicted octanol–water partition coefficient (Wildman–Crippen LogP) is 7.54. The molecule has 3 aromatic carbocycles. The molecule has 1 fully saturated rings. The number of hydrogen-bond acceptors (Lipinski definition) is 4. The fraction of sp³-hybridized carbons (Fsp3) is 0.321. The number of hydrogen-bond donors (Lipinski definition) is 1. The Morgan fingerprint density at radius 1 is 1.00 bits per heavy atom. The number of piperidine rings is 1. The summed E-state index contributed by atoms with van der Waals surface area (Å²) in [4.78, 5) is 15.7. The standard InChI is InChI=1S/C28H30F2N2O2S/c1-18-4-7-22(31-28(33)34-3)16-25(18)21-12-14-32(15-13-21)19(2)20-5-8-23(9-6-20)35-24-10-11-26(29)27(30)17-24/h4-11,16-17,19,21H,12-15H2,1-3H3,(H,31,33). The third-order valence-electron chi connectivity index (χ3n) is 6.72. The van der Waals surface area contributed by atoms with Crippen LogP contribution in [0.4, 0.5) is 19.3 Å². The summed E-state index contributed by atoms with van der Waals surface area (Å²) in [5.41, 5.74) is 4.51. The number of carbonyl (C=O) groups excluding carboxylic acids is 1. The van der Waals surface area contributed by atoms with Crippen molar-refractivity contribution in [2.45, 2.75) is 48.4 Å². The molecule has 1 heterocycles. The van der Waals surface area contributed by atoms with E-state index in [1.165, 1.54) is 41.6 Å². The summed E-state index contributed by atoms with van der Waals surface area (Å²) < 4.78 is 31.4. The number of aryl methyl sites for hydroxylation is 1. The average Bonchev–Trinajstić information content (AvgIpc) is 2.87. The van der Waals surface area contributed by atoms with Crippen LogP contribution in [0.1, 0.15) is 48.4 Å². The number of amides is 1. The summed E-state index contributed by atoms with van der Waals surface area (Å²) in [6.45, 7) is 6.33. The quantitative estimate of drug-likeness (QED) is 0.383. The first-order chi connectivity index (χ1) is 16.8. The minimum atomic E-state index is -0.831. The first-order valence-corrected chi connectivity index (χ1v) is 12.6. The number of rotatable bonds is 6. The Labute approximate surface area is 209 Å². The maximum atomic E-state index is 13.5. The fourth-order valence-corrected chi connectivity index (χ4v) is 5.47. The number of methoxy groups -OCH3 is 1. The predicted molar refractivity (Wildman–Crippen MR) is 136 cm³/mol. The van der Waals surface area contributed by atoms with E-state index in [0.29, 0.717) is 10.8 Å². The SMILES string of the molecule is COC(=O)Nc1ccc(C)c(C2CCN(C(C)c3ccc(Sc4ccc(F)c(F)c4)cc3)CC2)c1. The van der Waals surface area contributed by atoms with Gasteiger partial charge in [0.2, 0.25) is 0 Å². The number of nitrogens with zero attached hydrogens (tertiary/aromatic N) is 1. The van der Waals surface area contributed by atoms with E-state index in [9.17, 15) is 13.6 Å². The van der Waals surface area contributed by atoms with E-state index in [2.05, 4.69) is 48.3 Å². The molecule has 4 rings (SSSR count). The molecule has 1 aliphatic rings. The van der Waals surface area contributed by atoms with E-state index in [4.69, 9.17) is 4.74 Å². The molecule has 1 N–H and O–H groups in total. The number of ether oxygens (including phenoxy) is 1. The molecule has 4 nitrogen and oxygen atoms in total. The fourth-order valence-electron chi connectivity index (χ4n) is 4.63. The molecule has 35 heavy (non-hydrogen) atoms. The van der Waals surface area contributed by atoms with Crippen LogP contribution in [0, 0.1) is 18.6 Å². The van der Waals surface area contributed by atoms with Crippen molar-refractivity contribution in [2.75, 3.05) is 25.5 Å². The van der Waals surface area contributed by atoms with E-state index in [1.807, 2.05) is 18.2 Å². The number of carbonyl (C=O) groups is 1. The first kappa shape index (κ1) is 25.2. The van der Waals surface area contributed by atoms with Gasteiger partial charge in [0.05, 0.1) is 7.11 Å². The van der Waals surface area contributed by atoms with Gasteiger partial charge in [-0.25, -0.2) is 13.6 Å². The van der Waals surface area contributed by atoms with Gasteiger partial charge in [-0.1, -0.05) is 30.0 Å². The van der Waals surface area contributed by atoms with Crippen LogP contribution in [0.5, 0.6) is 0 Å². The summed E-state index contributed by atoms with van der Waals surface area (Å²) in [6, 6.07) is 18.6. The van der Waals surface area contributed by atoms with Gasteiger partial charge >= 0.3 is 6.09 Å². The Morgan fingerprint density at radius 2 is 1.69 bits per heavy atom. The molecule has 0 radical (unpaired) electrons. The minimum absolute atomic E-state index is 0.284. The highest BCUT2D eigenvalue weighted by atomic mass is 32.2. The van der Waals surface area contributed by atoms with Gasteiger partial charge in [0.15, 0.2) is 11.6 Å². The molecule has 1 aliphatic heterocycles. The Bertz CT molecular complexity index is 1180. The largest absolute Gasteiger partial charge is 0.453 e. The number of anilines is 1. The number of nitrogens with one attached hydrogen (secondary N) is 1. The molecule has 0 bridgehead atoms. The maximum absolute atomic E-state index is 13.5. The number of halogens is 2. The van der Waals surface area contributed by atoms with Gasteiger partial charge < -0.3 is 4.74 Å². The van der Waals surface area contributed by atoms with Gasteiger partial charge in [0.1, 0.15) is 0 Å². The molecule has 0 aromatic heterocycles. The van der Waals surface area contributed by atoms with Gasteiger partial charge in [-0.3, -0.25) is 10.2 Å². The van der Waals surface area contributed by atoms with E-state index in [0.717, 1.165) is 42.6 Å². The first-order valence-electron chi connectivity index (χ1n) is 11.8. The average molecular weight is 497 g/mol. The summed E-state index contributed by atoms with van der Waals surface area (Å²) in [5.74, 6) is -1.21. The second-order valence-corrected chi connectivity index (χ2v) is 10.1. The summed E-state index contributed by atoms with van der Waals surface area (Å²) in [6.07, 6.45) is 1.64. The molecule has 1 atom stereocenters. The number of benzene rings is 3. The van der Waals surface area contributed by atoms with E-state index >= 15 is 0 Å². The van der Waals surface area contributed by atoms with Crippen molar-refractivity contribution in [3.63, 3.8) is 0 Å². The lowest BCUT2D eigenvalue weighted by molar-refractivity contribution is 0.162. The van der Waals surface area contributed by atoms with Crippen LogP contribution in [0.15, 0.2) is 70.5 Å². The van der Waals surface area contributed by atoms with E-state index < -0.39 is 17.7 Å². The molecule has 184 valence electrons. The topological polar surface area (TPSA) is 41.6 Å². The molecule has 0 aliphatic carbocycles. The van der Waals surface area contributed by atoms with Gasteiger partial charge in [-0.15, -0.1) is 0 Å². The second kappa shape index (κ2) is 11.2. The van der Waals surface area contributed by atoms with Crippen molar-refractivity contribution in [3.8, 4) is 0 Å². The molecular weight excluding hydrogens is 466 g/mol. The number of likely N-dealkylation sites (tertiary alicyclic amines) is 1. The zero-order chi connectivity index (χ0) is 24.9. The highest BCUT2D eigenvalue weighted by molar-refractivity contribution is 7.99. The van der Waals surface area contributed by atoms with Crippen LogP contribution >= 0.6 is 11.8 Å². The van der Waals surface area contributed by atoms with Crippen molar-refractivity contribution in [2.24, 2.45) is 0 Å². The van der Waals surface area contributed by atoms with Crippen LogP contribution in [-0.4, -0.2) is 31.2 Å². The second-order valence-electron chi connectivity index (χ2n) is 8.92. The third kappa shape index (κ3) is 6.21. The van der Waals surface area contributed by atoms with Gasteiger partial charge in [-0.2, -0.15) is 0 Å². The highest BCUT2D eigenvalue weighted by Gasteiger charge is 2.25. The lowest BCUT2D eigenvalue weighted by Gasteiger charge is -2.37. The molecule has 1 unspecified atom stereocenters. The Balaban J connectivity index is 1.36. The van der Waals surface area contributed by atoms with Crippen LogP contribution in [0.25, 0.3) is 0 Å². The molecular formula is C28H30F2N2O2S. The van der Waals surface area contributed by atoms with Crippen molar-refractivity contribution in [1.82, 2.24) is 4.90 Å². The Hall–Kier alpha value is -2.90. The lowest BCUT2D eigenvalue weighted by Crippen LogP contribution is -2.35.